The van der Waals surface area contributed by atoms with Gasteiger partial charge in [-0.25, -0.2) is 13.2 Å². The Balaban J connectivity index is 1.50. The van der Waals surface area contributed by atoms with Crippen molar-refractivity contribution in [3.8, 4) is 0 Å². The summed E-state index contributed by atoms with van der Waals surface area (Å²) in [6, 6.07) is 13.3. The summed E-state index contributed by atoms with van der Waals surface area (Å²) in [7, 11) is -3.65. The van der Waals surface area contributed by atoms with Gasteiger partial charge in [0.2, 0.25) is 0 Å². The van der Waals surface area contributed by atoms with Crippen LogP contribution in [0.4, 0.5) is 0 Å². The molecule has 1 aliphatic rings. The van der Waals surface area contributed by atoms with Crippen LogP contribution in [0, 0.1) is 0 Å². The third-order valence-electron chi connectivity index (χ3n) is 4.27. The number of nitrogens with one attached hydrogen (secondary N) is 1. The topological polar surface area (TPSA) is 84.8 Å². The lowest BCUT2D eigenvalue weighted by Crippen LogP contribution is -2.26. The van der Waals surface area contributed by atoms with Gasteiger partial charge in [-0.3, -0.25) is 9.71 Å². The molecule has 0 bridgehead atoms. The highest BCUT2D eigenvalue weighted by atomic mass is 35.5. The molecule has 28 heavy (non-hydrogen) atoms. The van der Waals surface area contributed by atoms with Gasteiger partial charge >= 0.3 is 5.97 Å². The van der Waals surface area contributed by atoms with Crippen molar-refractivity contribution in [3.63, 3.8) is 0 Å². The van der Waals surface area contributed by atoms with Crippen LogP contribution in [-0.4, -0.2) is 26.3 Å². The van der Waals surface area contributed by atoms with Crippen molar-refractivity contribution in [2.75, 3.05) is 0 Å². The van der Waals surface area contributed by atoms with Gasteiger partial charge in [-0.2, -0.15) is 0 Å². The maximum absolute atomic E-state index is 12.4. The number of esters is 1. The second kappa shape index (κ2) is 7.20. The smallest absolute Gasteiger partial charge is 0.331 e. The van der Waals surface area contributed by atoms with Crippen LogP contribution in [-0.2, 0) is 26.2 Å². The summed E-state index contributed by atoms with van der Waals surface area (Å²) in [6.45, 7) is 1.59. The summed E-state index contributed by atoms with van der Waals surface area (Å²) in [5.74, 6) is -0.426. The highest BCUT2D eigenvalue weighted by Crippen LogP contribution is 2.35. The number of thiophene rings is 1. The van der Waals surface area contributed by atoms with E-state index in [9.17, 15) is 13.2 Å². The molecule has 0 unspecified atom stereocenters. The van der Waals surface area contributed by atoms with Crippen LogP contribution in [0.15, 0.2) is 58.4 Å². The van der Waals surface area contributed by atoms with Crippen LogP contribution in [0.1, 0.15) is 17.4 Å². The zero-order valence-electron chi connectivity index (χ0n) is 14.7. The molecule has 2 heterocycles. The highest BCUT2D eigenvalue weighted by molar-refractivity contribution is 7.90. The van der Waals surface area contributed by atoms with Crippen molar-refractivity contribution in [2.24, 2.45) is 4.99 Å². The summed E-state index contributed by atoms with van der Waals surface area (Å²) in [5, 5.41) is 1.50. The Morgan fingerprint density at radius 1 is 1.21 bits per heavy atom. The lowest BCUT2D eigenvalue weighted by atomic mass is 10.2. The number of aliphatic imine (C=N–C) groups is 1. The highest BCUT2D eigenvalue weighted by Gasteiger charge is 2.31. The van der Waals surface area contributed by atoms with Crippen molar-refractivity contribution in [2.45, 2.75) is 24.5 Å². The number of hydrogen-bond acceptors (Lipinski definition) is 6. The van der Waals surface area contributed by atoms with Crippen molar-refractivity contribution >= 4 is 54.9 Å². The molecule has 0 spiro atoms. The molecular formula is C19H15ClN2O4S2. The third kappa shape index (κ3) is 3.39. The predicted octanol–water partition coefficient (Wildman–Crippen LogP) is 3.73. The fraction of sp³-hybridized carbons (Fsp3) is 0.158. The van der Waals surface area contributed by atoms with Crippen LogP contribution >= 0.6 is 22.9 Å². The molecule has 0 fully saturated rings. The van der Waals surface area contributed by atoms with E-state index in [1.54, 1.807) is 25.1 Å². The molecule has 0 saturated carbocycles. The van der Waals surface area contributed by atoms with Gasteiger partial charge in [0.1, 0.15) is 18.5 Å². The van der Waals surface area contributed by atoms with Gasteiger partial charge in [0.15, 0.2) is 0 Å². The monoisotopic (exact) mass is 434 g/mol. The molecule has 9 heteroatoms. The van der Waals surface area contributed by atoms with E-state index in [-0.39, 0.29) is 17.3 Å². The lowest BCUT2D eigenvalue weighted by Gasteiger charge is -2.08. The molecule has 0 aliphatic carbocycles. The molecular weight excluding hydrogens is 420 g/mol. The number of amidine groups is 1. The SMILES string of the molecule is C[C@H](N=C1NS(=O)(=O)c2ccccc21)C(=O)OCc1sc2ccccc2c1Cl. The molecule has 1 aromatic heterocycles. The van der Waals surface area contributed by atoms with Gasteiger partial charge in [0.25, 0.3) is 10.0 Å². The Bertz CT molecular complexity index is 1220. The van der Waals surface area contributed by atoms with Crippen LogP contribution in [0.3, 0.4) is 0 Å². The summed E-state index contributed by atoms with van der Waals surface area (Å²) < 4.78 is 33.0. The molecule has 0 saturated heterocycles. The first-order valence-corrected chi connectivity index (χ1v) is 11.1. The minimum atomic E-state index is -3.65. The van der Waals surface area contributed by atoms with Gasteiger partial charge in [0, 0.05) is 15.6 Å². The lowest BCUT2D eigenvalue weighted by molar-refractivity contribution is -0.145. The number of hydrogen-bond donors (Lipinski definition) is 1. The first kappa shape index (κ1) is 18.9. The van der Waals surface area contributed by atoms with Gasteiger partial charge < -0.3 is 4.74 Å². The van der Waals surface area contributed by atoms with E-state index < -0.39 is 22.0 Å². The van der Waals surface area contributed by atoms with E-state index in [4.69, 9.17) is 16.3 Å². The number of nitrogens with zero attached hydrogens (tertiary/aromatic N) is 1. The van der Waals surface area contributed by atoms with Crippen molar-refractivity contribution in [1.29, 1.82) is 0 Å². The Morgan fingerprint density at radius 2 is 1.93 bits per heavy atom. The number of sulfonamides is 1. The average molecular weight is 435 g/mol. The first-order valence-electron chi connectivity index (χ1n) is 8.39. The van der Waals surface area contributed by atoms with Crippen LogP contribution in [0.2, 0.25) is 5.02 Å². The van der Waals surface area contributed by atoms with Gasteiger partial charge in [0.05, 0.1) is 14.8 Å². The largest absolute Gasteiger partial charge is 0.458 e. The number of fused-ring (bicyclic) bond motifs is 2. The quantitative estimate of drug-likeness (QED) is 0.634. The fourth-order valence-corrected chi connectivity index (χ4v) is 5.53. The van der Waals surface area contributed by atoms with Crippen molar-refractivity contribution < 1.29 is 17.9 Å². The van der Waals surface area contributed by atoms with Crippen LogP contribution in [0.25, 0.3) is 10.1 Å². The molecule has 2 aromatic carbocycles. The molecule has 0 amide bonds. The van der Waals surface area contributed by atoms with E-state index in [1.807, 2.05) is 24.3 Å². The number of carbonyl (C=O) groups is 1. The maximum Gasteiger partial charge on any atom is 0.331 e. The van der Waals surface area contributed by atoms with E-state index in [0.29, 0.717) is 10.6 Å². The summed E-state index contributed by atoms with van der Waals surface area (Å²) >= 11 is 7.82. The molecule has 1 aliphatic heterocycles. The molecule has 1 N–H and O–H groups in total. The van der Waals surface area contributed by atoms with Gasteiger partial charge in [-0.05, 0) is 25.1 Å². The first-order chi connectivity index (χ1) is 13.4. The second-order valence-electron chi connectivity index (χ2n) is 6.20. The Morgan fingerprint density at radius 3 is 2.71 bits per heavy atom. The number of rotatable bonds is 4. The number of ether oxygens (including phenoxy) is 1. The molecule has 6 nitrogen and oxygen atoms in total. The number of halogens is 1. The average Bonchev–Trinajstić information content (AvgIpc) is 3.14. The normalized spacial score (nSPS) is 17.3. The Kier molecular flexibility index (Phi) is 4.86. The molecule has 0 radical (unpaired) electrons. The summed E-state index contributed by atoms with van der Waals surface area (Å²) in [5.41, 5.74) is 0.440. The third-order valence-corrected chi connectivity index (χ3v) is 7.36. The molecule has 144 valence electrons. The van der Waals surface area contributed by atoms with E-state index in [0.717, 1.165) is 15.0 Å². The molecule has 1 atom stereocenters. The minimum Gasteiger partial charge on any atom is -0.458 e. The van der Waals surface area contributed by atoms with Crippen LogP contribution < -0.4 is 4.72 Å². The summed E-state index contributed by atoms with van der Waals surface area (Å²) in [4.78, 5) is 17.5. The fourth-order valence-electron chi connectivity index (χ4n) is 2.89. The summed E-state index contributed by atoms with van der Waals surface area (Å²) in [6.07, 6.45) is 0. The second-order valence-corrected chi connectivity index (χ2v) is 9.36. The van der Waals surface area contributed by atoms with Gasteiger partial charge in [-0.15, -0.1) is 11.3 Å². The van der Waals surface area contributed by atoms with Crippen molar-refractivity contribution in [3.05, 3.63) is 64.0 Å². The zero-order chi connectivity index (χ0) is 19.9. The Hall–Kier alpha value is -2.42. The molecule has 3 aromatic rings. The minimum absolute atomic E-state index is 0.0362. The Labute approximate surface area is 170 Å². The maximum atomic E-state index is 12.4. The van der Waals surface area contributed by atoms with E-state index in [2.05, 4.69) is 9.71 Å². The molecule has 4 rings (SSSR count). The van der Waals surface area contributed by atoms with E-state index in [1.165, 1.54) is 17.4 Å². The zero-order valence-corrected chi connectivity index (χ0v) is 17.1. The van der Waals surface area contributed by atoms with E-state index >= 15 is 0 Å². The standard InChI is InChI=1S/C19H15ClN2O4S2/c1-11(21-18-13-7-3-5-9-16(13)28(24,25)22-18)19(23)26-10-15-17(20)12-6-2-4-8-14(12)27-15/h2-9,11H,10H2,1H3,(H,21,22)/t11-/m0/s1. The van der Waals surface area contributed by atoms with Crippen molar-refractivity contribution in [1.82, 2.24) is 4.72 Å². The number of benzene rings is 2. The predicted molar refractivity (Wildman–Crippen MR) is 109 cm³/mol. The number of carbonyl (C=O) groups excluding carboxylic acids is 1. The van der Waals surface area contributed by atoms with Gasteiger partial charge in [-0.1, -0.05) is 41.9 Å². The van der Waals surface area contributed by atoms with Crippen LogP contribution in [0.5, 0.6) is 0 Å².